The molecule has 1 aromatic heterocycles. The predicted molar refractivity (Wildman–Crippen MR) is 106 cm³/mol. The van der Waals surface area contributed by atoms with E-state index >= 15 is 0 Å². The van der Waals surface area contributed by atoms with Crippen molar-refractivity contribution in [2.75, 3.05) is 20.8 Å². The van der Waals surface area contributed by atoms with Crippen molar-refractivity contribution >= 4 is 33.4 Å². The van der Waals surface area contributed by atoms with Gasteiger partial charge in [-0.25, -0.2) is 8.78 Å². The summed E-state index contributed by atoms with van der Waals surface area (Å²) < 4.78 is 44.7. The second kappa shape index (κ2) is 9.04. The van der Waals surface area contributed by atoms with Crippen LogP contribution in [0.3, 0.4) is 0 Å². The summed E-state index contributed by atoms with van der Waals surface area (Å²) >= 11 is 0.885. The van der Waals surface area contributed by atoms with Crippen molar-refractivity contribution in [3.05, 3.63) is 52.3 Å². The number of hydrogen-bond donors (Lipinski definition) is 0. The van der Waals surface area contributed by atoms with Crippen LogP contribution in [0.5, 0.6) is 11.5 Å². The molecular weight excluding hydrogens is 418 g/mol. The molecule has 0 atom stereocenters. The number of amides is 1. The summed E-state index contributed by atoms with van der Waals surface area (Å²) in [6, 6.07) is 6.32. The van der Waals surface area contributed by atoms with Gasteiger partial charge in [-0.05, 0) is 31.2 Å². The van der Waals surface area contributed by atoms with Crippen molar-refractivity contribution in [1.82, 2.24) is 4.57 Å². The summed E-state index contributed by atoms with van der Waals surface area (Å²) in [4.78, 5) is 28.8. The topological polar surface area (TPSA) is 79.1 Å². The first-order valence-electron chi connectivity index (χ1n) is 8.83. The first kappa shape index (κ1) is 21.4. The van der Waals surface area contributed by atoms with E-state index in [0.717, 1.165) is 17.4 Å². The van der Waals surface area contributed by atoms with Crippen molar-refractivity contribution in [3.63, 3.8) is 0 Å². The summed E-state index contributed by atoms with van der Waals surface area (Å²) in [5.41, 5.74) is 0.160. The Kier molecular flexibility index (Phi) is 6.46. The molecule has 3 aromatic rings. The molecule has 0 spiro atoms. The monoisotopic (exact) mass is 436 g/mol. The number of aromatic nitrogens is 1. The molecule has 0 unspecified atom stereocenters. The highest BCUT2D eigenvalue weighted by atomic mass is 32.1. The normalized spacial score (nSPS) is 11.6. The fraction of sp³-hybridized carbons (Fsp3) is 0.250. The van der Waals surface area contributed by atoms with Crippen molar-refractivity contribution in [3.8, 4) is 11.5 Å². The predicted octanol–water partition coefficient (Wildman–Crippen LogP) is 3.30. The van der Waals surface area contributed by atoms with Gasteiger partial charge >= 0.3 is 5.97 Å². The first-order valence-corrected chi connectivity index (χ1v) is 9.64. The van der Waals surface area contributed by atoms with Crippen LogP contribution in [0.2, 0.25) is 0 Å². The molecule has 0 radical (unpaired) electrons. The Balaban J connectivity index is 2.14. The van der Waals surface area contributed by atoms with Crippen LogP contribution in [0.25, 0.3) is 10.2 Å². The van der Waals surface area contributed by atoms with Gasteiger partial charge < -0.3 is 18.8 Å². The molecule has 7 nitrogen and oxygen atoms in total. The highest BCUT2D eigenvalue weighted by molar-refractivity contribution is 7.16. The Hall–Kier alpha value is -3.27. The van der Waals surface area contributed by atoms with Crippen LogP contribution in [0.1, 0.15) is 17.3 Å². The minimum atomic E-state index is -0.870. The molecule has 0 aliphatic heterocycles. The molecule has 1 heterocycles. The number of fused-ring (bicyclic) bond motifs is 1. The van der Waals surface area contributed by atoms with Gasteiger partial charge in [0, 0.05) is 11.6 Å². The summed E-state index contributed by atoms with van der Waals surface area (Å²) in [5.74, 6) is -2.16. The third-order valence-electron chi connectivity index (χ3n) is 4.12. The van der Waals surface area contributed by atoms with Crippen LogP contribution in [0.4, 0.5) is 8.78 Å². The SMILES string of the molecule is CCOC(=O)Cn1c(=NC(=O)c2ccc(OC)c(OC)c2)sc2cc(F)cc(F)c21. The Morgan fingerprint density at radius 1 is 1.10 bits per heavy atom. The molecule has 0 N–H and O–H groups in total. The van der Waals surface area contributed by atoms with E-state index in [1.165, 1.54) is 30.9 Å². The summed E-state index contributed by atoms with van der Waals surface area (Å²) in [6.45, 7) is 1.39. The largest absolute Gasteiger partial charge is 0.493 e. The van der Waals surface area contributed by atoms with E-state index in [4.69, 9.17) is 14.2 Å². The number of hydrogen-bond acceptors (Lipinski definition) is 6. The highest BCUT2D eigenvalue weighted by Crippen LogP contribution is 2.28. The summed E-state index contributed by atoms with van der Waals surface area (Å²) in [7, 11) is 2.90. The zero-order chi connectivity index (χ0) is 21.8. The zero-order valence-electron chi connectivity index (χ0n) is 16.4. The smallest absolute Gasteiger partial charge is 0.326 e. The van der Waals surface area contributed by atoms with Crippen LogP contribution >= 0.6 is 11.3 Å². The minimum Gasteiger partial charge on any atom is -0.493 e. The molecule has 3 rings (SSSR count). The fourth-order valence-corrected chi connectivity index (χ4v) is 3.88. The number of nitrogens with zero attached hydrogens (tertiary/aromatic N) is 2. The molecule has 30 heavy (non-hydrogen) atoms. The van der Waals surface area contributed by atoms with Crippen molar-refractivity contribution in [2.45, 2.75) is 13.5 Å². The molecule has 0 aliphatic carbocycles. The molecule has 0 saturated carbocycles. The average Bonchev–Trinajstić information content (AvgIpc) is 3.04. The van der Waals surface area contributed by atoms with Crippen LogP contribution in [0, 0.1) is 11.6 Å². The highest BCUT2D eigenvalue weighted by Gasteiger charge is 2.17. The number of esters is 1. The third kappa shape index (κ3) is 4.33. The van der Waals surface area contributed by atoms with Crippen LogP contribution in [-0.2, 0) is 16.1 Å². The van der Waals surface area contributed by atoms with E-state index in [9.17, 15) is 18.4 Å². The molecule has 0 bridgehead atoms. The van der Waals surface area contributed by atoms with Crippen molar-refractivity contribution < 1.29 is 32.6 Å². The maximum atomic E-state index is 14.4. The van der Waals surface area contributed by atoms with Gasteiger partial charge in [0.1, 0.15) is 12.4 Å². The van der Waals surface area contributed by atoms with E-state index in [1.54, 1.807) is 13.0 Å². The molecule has 0 aliphatic rings. The molecule has 2 aromatic carbocycles. The molecular formula is C20H18F2N2O5S. The second-order valence-electron chi connectivity index (χ2n) is 6.00. The Morgan fingerprint density at radius 2 is 1.83 bits per heavy atom. The van der Waals surface area contributed by atoms with Gasteiger partial charge in [-0.1, -0.05) is 11.3 Å². The van der Waals surface area contributed by atoms with E-state index in [2.05, 4.69) is 4.99 Å². The van der Waals surface area contributed by atoms with Gasteiger partial charge in [0.2, 0.25) is 0 Å². The first-order chi connectivity index (χ1) is 14.4. The molecule has 0 fully saturated rings. The quantitative estimate of drug-likeness (QED) is 0.554. The van der Waals surface area contributed by atoms with E-state index in [-0.39, 0.29) is 33.7 Å². The molecule has 10 heteroatoms. The number of ether oxygens (including phenoxy) is 3. The van der Waals surface area contributed by atoms with Gasteiger partial charge in [0.05, 0.1) is 31.0 Å². The number of thiazole rings is 1. The lowest BCUT2D eigenvalue weighted by Gasteiger charge is -2.08. The number of rotatable bonds is 6. The third-order valence-corrected chi connectivity index (χ3v) is 5.14. The van der Waals surface area contributed by atoms with E-state index < -0.39 is 23.5 Å². The maximum Gasteiger partial charge on any atom is 0.326 e. The van der Waals surface area contributed by atoms with Crippen molar-refractivity contribution in [1.29, 1.82) is 0 Å². The number of carbonyl (C=O) groups excluding carboxylic acids is 2. The molecule has 0 saturated heterocycles. The van der Waals surface area contributed by atoms with Crippen LogP contribution in [-0.4, -0.2) is 37.3 Å². The average molecular weight is 436 g/mol. The summed E-state index contributed by atoms with van der Waals surface area (Å²) in [5, 5.41) is 0. The lowest BCUT2D eigenvalue weighted by Crippen LogP contribution is -2.23. The van der Waals surface area contributed by atoms with Gasteiger partial charge in [0.25, 0.3) is 5.91 Å². The van der Waals surface area contributed by atoms with Crippen LogP contribution in [0.15, 0.2) is 35.3 Å². The fourth-order valence-electron chi connectivity index (χ4n) is 2.82. The minimum absolute atomic E-state index is 0.0299. The van der Waals surface area contributed by atoms with Crippen LogP contribution < -0.4 is 14.3 Å². The van der Waals surface area contributed by atoms with Gasteiger partial charge in [-0.3, -0.25) is 9.59 Å². The van der Waals surface area contributed by atoms with E-state index in [0.29, 0.717) is 17.6 Å². The number of methoxy groups -OCH3 is 2. The lowest BCUT2D eigenvalue weighted by atomic mass is 10.2. The van der Waals surface area contributed by atoms with Gasteiger partial charge in [-0.15, -0.1) is 0 Å². The standard InChI is InChI=1S/C20H18F2N2O5S/c1-4-29-17(25)10-24-18-13(22)8-12(21)9-16(18)30-20(24)23-19(26)11-5-6-14(27-2)15(7-11)28-3/h5-9H,4,10H2,1-3H3. The van der Waals surface area contributed by atoms with Gasteiger partial charge in [0.15, 0.2) is 22.1 Å². The summed E-state index contributed by atoms with van der Waals surface area (Å²) in [6.07, 6.45) is 0. The maximum absolute atomic E-state index is 14.4. The Morgan fingerprint density at radius 3 is 2.50 bits per heavy atom. The van der Waals surface area contributed by atoms with E-state index in [1.807, 2.05) is 0 Å². The van der Waals surface area contributed by atoms with Gasteiger partial charge in [-0.2, -0.15) is 4.99 Å². The molecule has 158 valence electrons. The Bertz CT molecular complexity index is 1190. The number of benzene rings is 2. The Labute approximate surface area is 174 Å². The molecule has 1 amide bonds. The second-order valence-corrected chi connectivity index (χ2v) is 7.01. The number of halogens is 2. The lowest BCUT2D eigenvalue weighted by molar-refractivity contribution is -0.143. The number of carbonyl (C=O) groups is 2. The van der Waals surface area contributed by atoms with Crippen molar-refractivity contribution in [2.24, 2.45) is 4.99 Å². The zero-order valence-corrected chi connectivity index (χ0v) is 17.2.